The van der Waals surface area contributed by atoms with Crippen LogP contribution in [0.4, 0.5) is 16.6 Å². The normalized spacial score (nSPS) is 18.3. The first-order chi connectivity index (χ1) is 12.8. The Morgan fingerprint density at radius 2 is 2.04 bits per heavy atom. The van der Waals surface area contributed by atoms with Crippen LogP contribution in [0.3, 0.4) is 0 Å². The highest BCUT2D eigenvalue weighted by Gasteiger charge is 2.37. The number of ether oxygens (including phenoxy) is 1. The number of carbonyl (C=O) groups is 1. The Morgan fingerprint density at radius 1 is 1.26 bits per heavy atom. The first kappa shape index (κ1) is 19.1. The molecule has 0 aliphatic carbocycles. The Kier molecular flexibility index (Phi) is 5.57. The molecule has 0 spiro atoms. The van der Waals surface area contributed by atoms with Crippen molar-refractivity contribution in [2.45, 2.75) is 53.1 Å². The van der Waals surface area contributed by atoms with E-state index < -0.39 is 0 Å². The maximum absolute atomic E-state index is 12.1. The molecule has 9 nitrogen and oxygen atoms in total. The molecule has 1 fully saturated rings. The number of carbonyl (C=O) groups excluding carboxylic acids is 1. The molecule has 3 rings (SSSR count). The molecular formula is C18H26N6O3. The van der Waals surface area contributed by atoms with Crippen LogP contribution >= 0.6 is 0 Å². The Balaban J connectivity index is 1.74. The lowest BCUT2D eigenvalue weighted by Crippen LogP contribution is -2.37. The van der Waals surface area contributed by atoms with Crippen LogP contribution in [0.5, 0.6) is 0 Å². The summed E-state index contributed by atoms with van der Waals surface area (Å²) in [5.74, 6) is 2.74. The van der Waals surface area contributed by atoms with E-state index >= 15 is 0 Å². The van der Waals surface area contributed by atoms with E-state index in [2.05, 4.69) is 39.3 Å². The summed E-state index contributed by atoms with van der Waals surface area (Å²) in [6.45, 7) is 10.6. The number of amides is 1. The first-order valence-corrected chi connectivity index (χ1v) is 9.23. The second-order valence-corrected chi connectivity index (χ2v) is 7.51. The van der Waals surface area contributed by atoms with Crippen LogP contribution in [0, 0.1) is 11.8 Å². The summed E-state index contributed by atoms with van der Waals surface area (Å²) in [6.07, 6.45) is 1.98. The average Bonchev–Trinajstić information content (AvgIpc) is 3.21. The molecule has 2 aromatic heterocycles. The van der Waals surface area contributed by atoms with Crippen LogP contribution in [0.15, 0.2) is 16.8 Å². The van der Waals surface area contributed by atoms with Crippen molar-refractivity contribution < 1.29 is 14.1 Å². The topological polar surface area (TPSA) is 106 Å². The van der Waals surface area contributed by atoms with Crippen LogP contribution < -0.4 is 10.2 Å². The summed E-state index contributed by atoms with van der Waals surface area (Å²) in [5, 5.41) is 7.15. The van der Waals surface area contributed by atoms with E-state index in [-0.39, 0.29) is 24.1 Å². The van der Waals surface area contributed by atoms with Crippen LogP contribution in [0.2, 0.25) is 0 Å². The fourth-order valence-corrected chi connectivity index (χ4v) is 2.89. The van der Waals surface area contributed by atoms with Gasteiger partial charge >= 0.3 is 6.09 Å². The molecule has 0 saturated carbocycles. The number of aromatic nitrogens is 4. The van der Waals surface area contributed by atoms with Gasteiger partial charge in [-0.15, -0.1) is 0 Å². The molecule has 0 aromatic carbocycles. The van der Waals surface area contributed by atoms with Gasteiger partial charge in [-0.05, 0) is 24.8 Å². The van der Waals surface area contributed by atoms with Crippen molar-refractivity contribution in [3.05, 3.63) is 24.0 Å². The van der Waals surface area contributed by atoms with Gasteiger partial charge in [0.15, 0.2) is 5.82 Å². The van der Waals surface area contributed by atoms with Crippen LogP contribution in [0.25, 0.3) is 0 Å². The standard InChI is InChI=1S/C18H26N6O3/c1-10(2)8-14-21-16(27-23-14)12(5)20-17-19-7-6-15(22-17)24-13(11(3)4)9-26-18(24)25/h6-7,10-13H,8-9H2,1-5H3,(H,19,20,22)/t12-,13-/m1/s1. The van der Waals surface area contributed by atoms with Gasteiger partial charge in [-0.3, -0.25) is 4.90 Å². The molecule has 1 N–H and O–H groups in total. The minimum Gasteiger partial charge on any atom is -0.447 e. The molecular weight excluding hydrogens is 348 g/mol. The average molecular weight is 374 g/mol. The Morgan fingerprint density at radius 3 is 2.74 bits per heavy atom. The van der Waals surface area contributed by atoms with Crippen molar-refractivity contribution in [3.63, 3.8) is 0 Å². The van der Waals surface area contributed by atoms with Gasteiger partial charge in [0, 0.05) is 12.6 Å². The number of hydrogen-bond donors (Lipinski definition) is 1. The lowest BCUT2D eigenvalue weighted by molar-refractivity contribution is 0.177. The third-order valence-corrected chi connectivity index (χ3v) is 4.35. The molecule has 146 valence electrons. The molecule has 1 aliphatic heterocycles. The summed E-state index contributed by atoms with van der Waals surface area (Å²) in [7, 11) is 0. The highest BCUT2D eigenvalue weighted by atomic mass is 16.6. The van der Waals surface area contributed by atoms with Crippen molar-refractivity contribution in [1.29, 1.82) is 0 Å². The Bertz CT molecular complexity index is 791. The van der Waals surface area contributed by atoms with E-state index in [4.69, 9.17) is 9.26 Å². The Labute approximate surface area is 158 Å². The van der Waals surface area contributed by atoms with Crippen molar-refractivity contribution in [3.8, 4) is 0 Å². The first-order valence-electron chi connectivity index (χ1n) is 9.23. The van der Waals surface area contributed by atoms with Gasteiger partial charge in [-0.1, -0.05) is 32.9 Å². The summed E-state index contributed by atoms with van der Waals surface area (Å²) in [6, 6.07) is 1.39. The molecule has 1 amide bonds. The highest BCUT2D eigenvalue weighted by Crippen LogP contribution is 2.26. The smallest absolute Gasteiger partial charge is 0.415 e. The number of anilines is 2. The van der Waals surface area contributed by atoms with Crippen LogP contribution in [-0.2, 0) is 11.2 Å². The van der Waals surface area contributed by atoms with E-state index in [9.17, 15) is 4.79 Å². The zero-order valence-electron chi connectivity index (χ0n) is 16.3. The van der Waals surface area contributed by atoms with Gasteiger partial charge in [-0.2, -0.15) is 9.97 Å². The van der Waals surface area contributed by atoms with Gasteiger partial charge in [0.25, 0.3) is 0 Å². The molecule has 27 heavy (non-hydrogen) atoms. The van der Waals surface area contributed by atoms with Gasteiger partial charge in [-0.25, -0.2) is 9.78 Å². The summed E-state index contributed by atoms with van der Waals surface area (Å²) >= 11 is 0. The molecule has 2 aromatic rings. The monoisotopic (exact) mass is 374 g/mol. The minimum absolute atomic E-state index is 0.0489. The number of hydrogen-bond acceptors (Lipinski definition) is 8. The number of rotatable bonds is 7. The lowest BCUT2D eigenvalue weighted by Gasteiger charge is -2.23. The summed E-state index contributed by atoms with van der Waals surface area (Å²) < 4.78 is 10.5. The third kappa shape index (κ3) is 4.35. The largest absolute Gasteiger partial charge is 0.447 e. The fraction of sp³-hybridized carbons (Fsp3) is 0.611. The zero-order chi connectivity index (χ0) is 19.6. The quantitative estimate of drug-likeness (QED) is 0.787. The van der Waals surface area contributed by atoms with E-state index in [0.29, 0.717) is 36.0 Å². The van der Waals surface area contributed by atoms with Gasteiger partial charge in [0.05, 0.1) is 6.04 Å². The minimum atomic E-state index is -0.387. The van der Waals surface area contributed by atoms with Crippen molar-refractivity contribution in [1.82, 2.24) is 20.1 Å². The second-order valence-electron chi connectivity index (χ2n) is 7.51. The molecule has 1 saturated heterocycles. The van der Waals surface area contributed by atoms with E-state index in [1.54, 1.807) is 17.2 Å². The van der Waals surface area contributed by atoms with Crippen LogP contribution in [0.1, 0.15) is 52.4 Å². The highest BCUT2D eigenvalue weighted by molar-refractivity contribution is 5.89. The third-order valence-electron chi connectivity index (χ3n) is 4.35. The zero-order valence-corrected chi connectivity index (χ0v) is 16.3. The Hall–Kier alpha value is -2.71. The van der Waals surface area contributed by atoms with E-state index in [1.165, 1.54) is 0 Å². The number of nitrogens with zero attached hydrogens (tertiary/aromatic N) is 5. The maximum atomic E-state index is 12.1. The number of nitrogens with one attached hydrogen (secondary N) is 1. The van der Waals surface area contributed by atoms with Gasteiger partial charge in [0.1, 0.15) is 18.5 Å². The second kappa shape index (κ2) is 7.89. The molecule has 0 unspecified atom stereocenters. The van der Waals surface area contributed by atoms with Crippen molar-refractivity contribution >= 4 is 17.9 Å². The predicted molar refractivity (Wildman–Crippen MR) is 99.4 cm³/mol. The van der Waals surface area contributed by atoms with E-state index in [0.717, 1.165) is 6.42 Å². The molecule has 9 heteroatoms. The van der Waals surface area contributed by atoms with Crippen LogP contribution in [-0.4, -0.2) is 38.9 Å². The maximum Gasteiger partial charge on any atom is 0.415 e. The fourth-order valence-electron chi connectivity index (χ4n) is 2.89. The molecule has 2 atom stereocenters. The predicted octanol–water partition coefficient (Wildman–Crippen LogP) is 3.21. The van der Waals surface area contributed by atoms with Gasteiger partial charge < -0.3 is 14.6 Å². The lowest BCUT2D eigenvalue weighted by atomic mass is 10.0. The molecule has 0 radical (unpaired) electrons. The van der Waals surface area contributed by atoms with Crippen molar-refractivity contribution in [2.24, 2.45) is 11.8 Å². The van der Waals surface area contributed by atoms with Crippen molar-refractivity contribution in [2.75, 3.05) is 16.8 Å². The SMILES string of the molecule is CC(C)Cc1noc([C@@H](C)Nc2nccc(N3C(=O)OC[C@@H]3C(C)C)n2)n1. The summed E-state index contributed by atoms with van der Waals surface area (Å²) in [5.41, 5.74) is 0. The molecule has 3 heterocycles. The summed E-state index contributed by atoms with van der Waals surface area (Å²) in [4.78, 5) is 26.8. The number of cyclic esters (lactones) is 1. The van der Waals surface area contributed by atoms with Gasteiger partial charge in [0.2, 0.25) is 11.8 Å². The molecule has 1 aliphatic rings. The van der Waals surface area contributed by atoms with E-state index in [1.807, 2.05) is 20.8 Å². The molecule has 0 bridgehead atoms.